The van der Waals surface area contributed by atoms with E-state index in [2.05, 4.69) is 10.3 Å². The first kappa shape index (κ1) is 19.2. The fraction of sp³-hybridized carbons (Fsp3) is 0.158. The minimum atomic E-state index is -0.299. The summed E-state index contributed by atoms with van der Waals surface area (Å²) in [6.45, 7) is 0. The van der Waals surface area contributed by atoms with E-state index in [1.165, 1.54) is 35.2 Å². The summed E-state index contributed by atoms with van der Waals surface area (Å²) in [5.74, 6) is 1.10. The van der Waals surface area contributed by atoms with Crippen LogP contribution < -0.4 is 14.8 Å². The quantitative estimate of drug-likeness (QED) is 0.579. The van der Waals surface area contributed by atoms with Crippen LogP contribution in [0.5, 0.6) is 11.5 Å². The first-order valence-electron chi connectivity index (χ1n) is 7.95. The highest BCUT2D eigenvalue weighted by molar-refractivity contribution is 8.00. The van der Waals surface area contributed by atoms with E-state index in [9.17, 15) is 9.18 Å². The van der Waals surface area contributed by atoms with Crippen molar-refractivity contribution in [3.05, 3.63) is 53.7 Å². The number of nitrogens with zero attached hydrogens (tertiary/aromatic N) is 1. The number of aromatic nitrogens is 1. The number of methoxy groups -OCH3 is 2. The number of rotatable bonds is 7. The number of benzene rings is 2. The Kier molecular flexibility index (Phi) is 6.31. The molecule has 0 spiro atoms. The van der Waals surface area contributed by atoms with Crippen LogP contribution >= 0.6 is 23.1 Å². The van der Waals surface area contributed by atoms with Crippen molar-refractivity contribution in [2.24, 2.45) is 0 Å². The number of carbonyl (C=O) groups is 1. The summed E-state index contributed by atoms with van der Waals surface area (Å²) in [4.78, 5) is 17.4. The highest BCUT2D eigenvalue weighted by Gasteiger charge is 2.13. The Bertz CT molecular complexity index is 929. The van der Waals surface area contributed by atoms with Crippen LogP contribution in [0.1, 0.15) is 0 Å². The molecule has 0 bridgehead atoms. The lowest BCUT2D eigenvalue weighted by Gasteiger charge is -2.08. The second kappa shape index (κ2) is 8.88. The fourth-order valence-electron chi connectivity index (χ4n) is 2.30. The summed E-state index contributed by atoms with van der Waals surface area (Å²) in [7, 11) is 3.18. The van der Waals surface area contributed by atoms with Gasteiger partial charge in [-0.1, -0.05) is 0 Å². The monoisotopic (exact) mass is 404 g/mol. The Morgan fingerprint density at radius 2 is 1.96 bits per heavy atom. The summed E-state index contributed by atoms with van der Waals surface area (Å²) in [6, 6.07) is 11.5. The molecular formula is C19H17FN2O3S2. The van der Waals surface area contributed by atoms with Gasteiger partial charge in [0.25, 0.3) is 0 Å². The van der Waals surface area contributed by atoms with Gasteiger partial charge in [0.15, 0.2) is 5.13 Å². The molecule has 0 aliphatic rings. The van der Waals surface area contributed by atoms with E-state index in [0.29, 0.717) is 22.3 Å². The van der Waals surface area contributed by atoms with Gasteiger partial charge in [-0.3, -0.25) is 4.79 Å². The van der Waals surface area contributed by atoms with E-state index in [1.807, 2.05) is 23.6 Å². The molecule has 0 saturated heterocycles. The van der Waals surface area contributed by atoms with Crippen molar-refractivity contribution < 1.29 is 18.7 Å². The van der Waals surface area contributed by atoms with Crippen LogP contribution in [0.3, 0.4) is 0 Å². The molecule has 0 fully saturated rings. The fourth-order valence-corrected chi connectivity index (χ4v) is 3.73. The molecule has 5 nitrogen and oxygen atoms in total. The molecule has 3 rings (SSSR count). The number of carbonyl (C=O) groups excluding carboxylic acids is 1. The van der Waals surface area contributed by atoms with Gasteiger partial charge in [-0.25, -0.2) is 9.37 Å². The van der Waals surface area contributed by atoms with Gasteiger partial charge in [0, 0.05) is 15.8 Å². The summed E-state index contributed by atoms with van der Waals surface area (Å²) < 4.78 is 23.5. The predicted octanol–water partition coefficient (Wildman–Crippen LogP) is 4.70. The molecular weight excluding hydrogens is 387 g/mol. The van der Waals surface area contributed by atoms with Crippen molar-refractivity contribution >= 4 is 34.1 Å². The maximum absolute atomic E-state index is 12.9. The largest absolute Gasteiger partial charge is 0.497 e. The van der Waals surface area contributed by atoms with Gasteiger partial charge in [-0.15, -0.1) is 23.1 Å². The Morgan fingerprint density at radius 3 is 2.67 bits per heavy atom. The van der Waals surface area contributed by atoms with Crippen molar-refractivity contribution in [1.29, 1.82) is 0 Å². The van der Waals surface area contributed by atoms with Gasteiger partial charge in [0.2, 0.25) is 5.91 Å². The summed E-state index contributed by atoms with van der Waals surface area (Å²) in [5, 5.41) is 5.13. The van der Waals surface area contributed by atoms with Crippen LogP contribution in [0.25, 0.3) is 11.3 Å². The van der Waals surface area contributed by atoms with Crippen LogP contribution in [-0.4, -0.2) is 30.9 Å². The smallest absolute Gasteiger partial charge is 0.236 e. The Morgan fingerprint density at radius 1 is 1.19 bits per heavy atom. The molecule has 0 saturated carbocycles. The molecule has 27 heavy (non-hydrogen) atoms. The van der Waals surface area contributed by atoms with Crippen LogP contribution in [0.2, 0.25) is 0 Å². The molecule has 0 unspecified atom stereocenters. The zero-order valence-electron chi connectivity index (χ0n) is 14.7. The molecule has 0 aliphatic heterocycles. The summed E-state index contributed by atoms with van der Waals surface area (Å²) in [5.41, 5.74) is 1.48. The number of hydrogen-bond donors (Lipinski definition) is 1. The van der Waals surface area contributed by atoms with Gasteiger partial charge in [-0.2, -0.15) is 0 Å². The molecule has 8 heteroatoms. The lowest BCUT2D eigenvalue weighted by molar-refractivity contribution is -0.113. The van der Waals surface area contributed by atoms with E-state index in [0.717, 1.165) is 10.5 Å². The van der Waals surface area contributed by atoms with Gasteiger partial charge >= 0.3 is 0 Å². The highest BCUT2D eigenvalue weighted by Crippen LogP contribution is 2.35. The van der Waals surface area contributed by atoms with E-state index in [1.54, 1.807) is 26.4 Å². The molecule has 0 aliphatic carbocycles. The Labute approximate surface area is 164 Å². The van der Waals surface area contributed by atoms with E-state index >= 15 is 0 Å². The average Bonchev–Trinajstić information content (AvgIpc) is 3.15. The molecule has 1 amide bonds. The van der Waals surface area contributed by atoms with Gasteiger partial charge in [0.1, 0.15) is 17.3 Å². The molecule has 0 radical (unpaired) electrons. The third-order valence-electron chi connectivity index (χ3n) is 3.62. The molecule has 2 aromatic carbocycles. The number of thioether (sulfide) groups is 1. The molecule has 1 aromatic heterocycles. The highest BCUT2D eigenvalue weighted by atomic mass is 32.2. The van der Waals surface area contributed by atoms with Gasteiger partial charge < -0.3 is 14.8 Å². The number of ether oxygens (including phenoxy) is 2. The minimum Gasteiger partial charge on any atom is -0.497 e. The van der Waals surface area contributed by atoms with Crippen LogP contribution in [0.15, 0.2) is 52.7 Å². The van der Waals surface area contributed by atoms with Crippen LogP contribution in [0, 0.1) is 5.82 Å². The third-order valence-corrected chi connectivity index (χ3v) is 5.39. The topological polar surface area (TPSA) is 60.5 Å². The van der Waals surface area contributed by atoms with Crippen molar-refractivity contribution in [3.8, 4) is 22.8 Å². The predicted molar refractivity (Wildman–Crippen MR) is 106 cm³/mol. The lowest BCUT2D eigenvalue weighted by atomic mass is 10.1. The zero-order chi connectivity index (χ0) is 19.2. The molecule has 140 valence electrons. The number of hydrogen-bond acceptors (Lipinski definition) is 6. The second-order valence-corrected chi connectivity index (χ2v) is 7.30. The maximum Gasteiger partial charge on any atom is 0.236 e. The number of halogens is 1. The van der Waals surface area contributed by atoms with E-state index in [-0.39, 0.29) is 17.5 Å². The maximum atomic E-state index is 12.9. The van der Waals surface area contributed by atoms with Gasteiger partial charge in [-0.05, 0) is 42.5 Å². The number of thiazole rings is 1. The molecule has 3 aromatic rings. The number of nitrogens with one attached hydrogen (secondary N) is 1. The standard InChI is InChI=1S/C19H17FN2O3S2/c1-24-13-5-8-17(25-2)15(9-13)16-10-27-19(21-16)22-18(23)11-26-14-6-3-12(20)4-7-14/h3-10H,11H2,1-2H3,(H,21,22,23). The number of amides is 1. The lowest BCUT2D eigenvalue weighted by Crippen LogP contribution is -2.13. The van der Waals surface area contributed by atoms with Crippen LogP contribution in [-0.2, 0) is 4.79 Å². The Hall–Kier alpha value is -2.58. The van der Waals surface area contributed by atoms with Crippen molar-refractivity contribution in [1.82, 2.24) is 4.98 Å². The zero-order valence-corrected chi connectivity index (χ0v) is 16.3. The number of anilines is 1. The van der Waals surface area contributed by atoms with E-state index < -0.39 is 0 Å². The van der Waals surface area contributed by atoms with Gasteiger partial charge in [0.05, 0.1) is 25.7 Å². The third kappa shape index (κ3) is 4.99. The first-order valence-corrected chi connectivity index (χ1v) is 9.81. The van der Waals surface area contributed by atoms with E-state index in [4.69, 9.17) is 9.47 Å². The molecule has 1 heterocycles. The normalized spacial score (nSPS) is 10.5. The minimum absolute atomic E-state index is 0.178. The molecule has 0 atom stereocenters. The van der Waals surface area contributed by atoms with Crippen molar-refractivity contribution in [2.45, 2.75) is 4.90 Å². The van der Waals surface area contributed by atoms with Crippen LogP contribution in [0.4, 0.5) is 9.52 Å². The second-order valence-electron chi connectivity index (χ2n) is 5.39. The SMILES string of the molecule is COc1ccc(OC)c(-c2csc(NC(=O)CSc3ccc(F)cc3)n2)c1. The van der Waals surface area contributed by atoms with Crippen molar-refractivity contribution in [2.75, 3.05) is 25.3 Å². The first-order chi connectivity index (χ1) is 13.1. The summed E-state index contributed by atoms with van der Waals surface area (Å²) >= 11 is 2.66. The average molecular weight is 404 g/mol. The van der Waals surface area contributed by atoms with Crippen molar-refractivity contribution in [3.63, 3.8) is 0 Å². The Balaban J connectivity index is 1.65. The molecule has 1 N–H and O–H groups in total. The summed E-state index contributed by atoms with van der Waals surface area (Å²) in [6.07, 6.45) is 0.